The summed E-state index contributed by atoms with van der Waals surface area (Å²) in [5.41, 5.74) is 0.963. The summed E-state index contributed by atoms with van der Waals surface area (Å²) in [5, 5.41) is 6.43. The normalized spacial score (nSPS) is 16.3. The minimum Gasteiger partial charge on any atom is -0.496 e. The first-order valence-electron chi connectivity index (χ1n) is 7.77. The smallest absolute Gasteiger partial charge is 0.224 e. The van der Waals surface area contributed by atoms with E-state index in [1.807, 2.05) is 24.3 Å². The molecule has 130 valence electrons. The van der Waals surface area contributed by atoms with Crippen molar-refractivity contribution >= 4 is 18.3 Å². The van der Waals surface area contributed by atoms with Crippen molar-refractivity contribution in [1.29, 1.82) is 0 Å². The minimum atomic E-state index is 0. The van der Waals surface area contributed by atoms with Crippen LogP contribution in [0.4, 0.5) is 0 Å². The van der Waals surface area contributed by atoms with E-state index in [1.54, 1.807) is 14.2 Å². The molecule has 1 aromatic carbocycles. The predicted octanol–water partition coefficient (Wildman–Crippen LogP) is 1.79. The number of hydrogen-bond acceptors (Lipinski definition) is 4. The number of para-hydroxylation sites is 1. The van der Waals surface area contributed by atoms with Crippen molar-refractivity contribution in [2.45, 2.75) is 19.3 Å². The minimum absolute atomic E-state index is 0. The second-order valence-corrected chi connectivity index (χ2v) is 5.95. The third kappa shape index (κ3) is 5.68. The van der Waals surface area contributed by atoms with Crippen LogP contribution < -0.4 is 15.4 Å². The molecule has 0 bridgehead atoms. The summed E-state index contributed by atoms with van der Waals surface area (Å²) in [6.07, 6.45) is 2.39. The van der Waals surface area contributed by atoms with Crippen LogP contribution >= 0.6 is 12.4 Å². The van der Waals surface area contributed by atoms with Crippen LogP contribution in [-0.2, 0) is 16.0 Å². The molecule has 1 aromatic rings. The second-order valence-electron chi connectivity index (χ2n) is 5.95. The average Bonchev–Trinajstić information content (AvgIpc) is 2.55. The molecule has 0 aliphatic carbocycles. The molecule has 1 aliphatic rings. The molecular formula is C17H27ClN2O3. The second kappa shape index (κ2) is 9.75. The number of halogens is 1. The fraction of sp³-hybridized carbons (Fsp3) is 0.588. The third-order valence-electron chi connectivity index (χ3n) is 4.32. The number of piperidine rings is 1. The van der Waals surface area contributed by atoms with Crippen molar-refractivity contribution in [3.8, 4) is 5.75 Å². The van der Waals surface area contributed by atoms with Crippen molar-refractivity contribution in [3.05, 3.63) is 29.8 Å². The zero-order chi connectivity index (χ0) is 15.8. The van der Waals surface area contributed by atoms with Crippen molar-refractivity contribution in [3.63, 3.8) is 0 Å². The van der Waals surface area contributed by atoms with Crippen molar-refractivity contribution in [2.75, 3.05) is 40.5 Å². The van der Waals surface area contributed by atoms with Crippen LogP contribution in [0.2, 0.25) is 0 Å². The largest absolute Gasteiger partial charge is 0.496 e. The van der Waals surface area contributed by atoms with Gasteiger partial charge in [0.25, 0.3) is 0 Å². The lowest BCUT2D eigenvalue weighted by atomic mass is 9.79. The summed E-state index contributed by atoms with van der Waals surface area (Å²) in [7, 11) is 3.35. The van der Waals surface area contributed by atoms with Crippen molar-refractivity contribution in [2.24, 2.45) is 5.41 Å². The lowest BCUT2D eigenvalue weighted by Gasteiger charge is -2.37. The van der Waals surface area contributed by atoms with Crippen LogP contribution in [0.15, 0.2) is 24.3 Å². The van der Waals surface area contributed by atoms with Crippen LogP contribution in [0.5, 0.6) is 5.75 Å². The molecule has 1 amide bonds. The van der Waals surface area contributed by atoms with E-state index in [1.165, 1.54) is 0 Å². The Bertz CT molecular complexity index is 485. The number of ether oxygens (including phenoxy) is 2. The molecule has 0 unspecified atom stereocenters. The lowest BCUT2D eigenvalue weighted by molar-refractivity contribution is -0.121. The van der Waals surface area contributed by atoms with Crippen molar-refractivity contribution < 1.29 is 14.3 Å². The summed E-state index contributed by atoms with van der Waals surface area (Å²) < 4.78 is 10.7. The zero-order valence-electron chi connectivity index (χ0n) is 13.9. The van der Waals surface area contributed by atoms with Gasteiger partial charge in [0.1, 0.15) is 5.75 Å². The Morgan fingerprint density at radius 3 is 2.61 bits per heavy atom. The molecule has 1 fully saturated rings. The molecule has 1 heterocycles. The van der Waals surface area contributed by atoms with Gasteiger partial charge in [0.2, 0.25) is 5.91 Å². The molecule has 2 N–H and O–H groups in total. The number of rotatable bonds is 7. The maximum Gasteiger partial charge on any atom is 0.224 e. The van der Waals surface area contributed by atoms with Gasteiger partial charge in [0.05, 0.1) is 20.1 Å². The Kier molecular flexibility index (Phi) is 8.37. The Morgan fingerprint density at radius 1 is 1.26 bits per heavy atom. The highest BCUT2D eigenvalue weighted by Gasteiger charge is 2.32. The Labute approximate surface area is 144 Å². The summed E-state index contributed by atoms with van der Waals surface area (Å²) in [6, 6.07) is 7.63. The molecule has 6 heteroatoms. The van der Waals surface area contributed by atoms with E-state index >= 15 is 0 Å². The van der Waals surface area contributed by atoms with Gasteiger partial charge in [-0.25, -0.2) is 0 Å². The molecular weight excluding hydrogens is 316 g/mol. The Hall–Kier alpha value is -1.30. The highest BCUT2D eigenvalue weighted by Crippen LogP contribution is 2.28. The van der Waals surface area contributed by atoms with E-state index in [-0.39, 0.29) is 23.7 Å². The SMILES string of the molecule is COCC1(CNC(=O)Cc2ccccc2OC)CCNCC1.Cl. The third-order valence-corrected chi connectivity index (χ3v) is 4.32. The average molecular weight is 343 g/mol. The molecule has 0 aromatic heterocycles. The Balaban J connectivity index is 0.00000264. The number of methoxy groups -OCH3 is 2. The van der Waals surface area contributed by atoms with Gasteiger partial charge in [-0.2, -0.15) is 0 Å². The summed E-state index contributed by atoms with van der Waals surface area (Å²) >= 11 is 0. The number of hydrogen-bond donors (Lipinski definition) is 2. The van der Waals surface area contributed by atoms with Gasteiger partial charge in [-0.3, -0.25) is 4.79 Å². The first kappa shape index (κ1) is 19.7. The van der Waals surface area contributed by atoms with E-state index < -0.39 is 0 Å². The van der Waals surface area contributed by atoms with E-state index in [0.29, 0.717) is 19.6 Å². The van der Waals surface area contributed by atoms with E-state index in [4.69, 9.17) is 9.47 Å². The number of amides is 1. The lowest BCUT2D eigenvalue weighted by Crippen LogP contribution is -2.47. The molecule has 23 heavy (non-hydrogen) atoms. The van der Waals surface area contributed by atoms with E-state index in [9.17, 15) is 4.79 Å². The van der Waals surface area contributed by atoms with Crippen LogP contribution in [0.1, 0.15) is 18.4 Å². The Morgan fingerprint density at radius 2 is 1.96 bits per heavy atom. The molecule has 0 spiro atoms. The first-order chi connectivity index (χ1) is 10.7. The fourth-order valence-corrected chi connectivity index (χ4v) is 3.01. The highest BCUT2D eigenvalue weighted by atomic mass is 35.5. The number of carbonyl (C=O) groups excluding carboxylic acids is 1. The summed E-state index contributed by atoms with van der Waals surface area (Å²) in [5.74, 6) is 0.782. The topological polar surface area (TPSA) is 59.6 Å². The summed E-state index contributed by atoms with van der Waals surface area (Å²) in [4.78, 5) is 12.2. The summed E-state index contributed by atoms with van der Waals surface area (Å²) in [6.45, 7) is 3.30. The molecule has 5 nitrogen and oxygen atoms in total. The highest BCUT2D eigenvalue weighted by molar-refractivity contribution is 5.85. The standard InChI is InChI=1S/C17H26N2O3.ClH/c1-21-13-17(7-9-18-10-8-17)12-19-16(20)11-14-5-3-4-6-15(14)22-2;/h3-6,18H,7-13H2,1-2H3,(H,19,20);1H. The molecule has 0 atom stereocenters. The van der Waals surface area contributed by atoms with E-state index in [2.05, 4.69) is 10.6 Å². The maximum atomic E-state index is 12.2. The van der Waals surface area contributed by atoms with Gasteiger partial charge in [0, 0.05) is 24.6 Å². The molecule has 2 rings (SSSR count). The van der Waals surface area contributed by atoms with Crippen LogP contribution in [0.25, 0.3) is 0 Å². The molecule has 1 saturated heterocycles. The molecule has 1 aliphatic heterocycles. The first-order valence-corrected chi connectivity index (χ1v) is 7.77. The van der Waals surface area contributed by atoms with Gasteiger partial charge in [0.15, 0.2) is 0 Å². The predicted molar refractivity (Wildman–Crippen MR) is 93.4 cm³/mol. The number of nitrogens with one attached hydrogen (secondary N) is 2. The van der Waals surface area contributed by atoms with Gasteiger partial charge < -0.3 is 20.1 Å². The quantitative estimate of drug-likeness (QED) is 0.793. The fourth-order valence-electron chi connectivity index (χ4n) is 3.01. The molecule has 0 saturated carbocycles. The monoisotopic (exact) mass is 342 g/mol. The molecule has 0 radical (unpaired) electrons. The van der Waals surface area contributed by atoms with Gasteiger partial charge in [-0.1, -0.05) is 18.2 Å². The van der Waals surface area contributed by atoms with Crippen molar-refractivity contribution in [1.82, 2.24) is 10.6 Å². The van der Waals surface area contributed by atoms with Gasteiger partial charge in [-0.15, -0.1) is 12.4 Å². The van der Waals surface area contributed by atoms with E-state index in [0.717, 1.165) is 37.2 Å². The maximum absolute atomic E-state index is 12.2. The van der Waals surface area contributed by atoms with Gasteiger partial charge >= 0.3 is 0 Å². The zero-order valence-corrected chi connectivity index (χ0v) is 14.7. The van der Waals surface area contributed by atoms with Gasteiger partial charge in [-0.05, 0) is 32.0 Å². The number of benzene rings is 1. The number of carbonyl (C=O) groups is 1. The van der Waals surface area contributed by atoms with Crippen LogP contribution in [0.3, 0.4) is 0 Å². The van der Waals surface area contributed by atoms with Crippen LogP contribution in [-0.4, -0.2) is 46.4 Å². The van der Waals surface area contributed by atoms with Crippen LogP contribution in [0, 0.1) is 5.41 Å².